The molecule has 0 aromatic rings. The van der Waals surface area contributed by atoms with E-state index in [0.29, 0.717) is 25.8 Å². The lowest BCUT2D eigenvalue weighted by Crippen LogP contribution is -2.63. The van der Waals surface area contributed by atoms with E-state index in [-0.39, 0.29) is 42.7 Å². The first kappa shape index (κ1) is 43.6. The number of amides is 5. The van der Waals surface area contributed by atoms with Crippen LogP contribution in [0.4, 0.5) is 4.79 Å². The summed E-state index contributed by atoms with van der Waals surface area (Å²) in [5, 5.41) is 11.4. The minimum absolute atomic E-state index is 0.0300. The average Bonchev–Trinajstić information content (AvgIpc) is 3.57. The van der Waals surface area contributed by atoms with Crippen molar-refractivity contribution in [2.45, 2.75) is 130 Å². The van der Waals surface area contributed by atoms with Crippen molar-refractivity contribution in [2.24, 2.45) is 28.1 Å². The fraction of sp³-hybridized carbons (Fsp3) is 0.816. The molecule has 14 heteroatoms. The number of fused-ring (bicyclic) bond motifs is 1. The molecule has 1 aliphatic heterocycles. The number of urea groups is 1. The Morgan fingerprint density at radius 2 is 1.63 bits per heavy atom. The van der Waals surface area contributed by atoms with Crippen LogP contribution in [0, 0.1) is 28.1 Å². The fourth-order valence-corrected chi connectivity index (χ4v) is 8.87. The van der Waals surface area contributed by atoms with E-state index in [4.69, 9.17) is 0 Å². The van der Waals surface area contributed by atoms with Gasteiger partial charge in [0, 0.05) is 45.2 Å². The molecule has 3 rings (SSSR count). The van der Waals surface area contributed by atoms with Crippen molar-refractivity contribution in [1.29, 1.82) is 0 Å². The Kier molecular flexibility index (Phi) is 13.6. The maximum Gasteiger partial charge on any atom is 0.315 e. The van der Waals surface area contributed by atoms with Gasteiger partial charge in [-0.25, -0.2) is 9.10 Å². The van der Waals surface area contributed by atoms with Gasteiger partial charge in [0.1, 0.15) is 12.1 Å². The van der Waals surface area contributed by atoms with Crippen LogP contribution >= 0.6 is 0 Å². The third-order valence-electron chi connectivity index (χ3n) is 12.1. The lowest BCUT2D eigenvalue weighted by molar-refractivity contribution is -0.145. The summed E-state index contributed by atoms with van der Waals surface area (Å²) in [6.07, 6.45) is 10.7. The predicted octanol–water partition coefficient (Wildman–Crippen LogP) is 3.86. The molecule has 298 valence electrons. The van der Waals surface area contributed by atoms with E-state index >= 15 is 4.79 Å². The summed E-state index contributed by atoms with van der Waals surface area (Å²) >= 11 is 0. The van der Waals surface area contributed by atoms with Crippen molar-refractivity contribution in [3.05, 3.63) is 12.7 Å². The largest absolute Gasteiger partial charge is 0.346 e. The van der Waals surface area contributed by atoms with E-state index in [9.17, 15) is 27.9 Å². The number of rotatable bonds is 15. The summed E-state index contributed by atoms with van der Waals surface area (Å²) in [5.41, 5.74) is -1.22. The summed E-state index contributed by atoms with van der Waals surface area (Å²) in [7, 11) is -2.53. The van der Waals surface area contributed by atoms with Gasteiger partial charge >= 0.3 is 6.03 Å². The highest BCUT2D eigenvalue weighted by atomic mass is 32.3. The number of likely N-dealkylation sites (tertiary alicyclic amines) is 1. The zero-order valence-electron chi connectivity index (χ0n) is 33.4. The number of likely N-dealkylation sites (N-methyl/N-ethyl adjacent to an activating group) is 1. The number of hydrogen-bond donors (Lipinski definition) is 5. The Morgan fingerprint density at radius 1 is 1.02 bits per heavy atom. The van der Waals surface area contributed by atoms with Gasteiger partial charge in [-0.2, -0.15) is 4.21 Å². The van der Waals surface area contributed by atoms with Gasteiger partial charge < -0.3 is 26.2 Å². The Bertz CT molecular complexity index is 1420. The van der Waals surface area contributed by atoms with Crippen LogP contribution in [0.15, 0.2) is 12.7 Å². The molecule has 2 aliphatic carbocycles. The van der Waals surface area contributed by atoms with E-state index in [1.807, 2.05) is 34.6 Å². The van der Waals surface area contributed by atoms with Crippen LogP contribution in [0.3, 0.4) is 0 Å². The van der Waals surface area contributed by atoms with Crippen LogP contribution in [0.1, 0.15) is 106 Å². The van der Waals surface area contributed by atoms with Crippen molar-refractivity contribution < 1.29 is 32.7 Å². The van der Waals surface area contributed by atoms with Crippen LogP contribution < -0.4 is 21.3 Å². The Hall–Kier alpha value is -2.84. The van der Waals surface area contributed by atoms with Crippen LogP contribution in [0.2, 0.25) is 0 Å². The molecular weight excluding hydrogens is 685 g/mol. The zero-order valence-corrected chi connectivity index (χ0v) is 34.2. The first-order valence-electron chi connectivity index (χ1n) is 19.0. The third kappa shape index (κ3) is 10.4. The van der Waals surface area contributed by atoms with E-state index in [1.54, 1.807) is 11.9 Å². The summed E-state index contributed by atoms with van der Waals surface area (Å²) in [6.45, 7) is 18.1. The summed E-state index contributed by atoms with van der Waals surface area (Å²) in [6, 6.07) is -3.98. The van der Waals surface area contributed by atoms with Gasteiger partial charge in [0.25, 0.3) is 5.91 Å². The van der Waals surface area contributed by atoms with Crippen molar-refractivity contribution in [2.75, 3.05) is 39.2 Å². The molecule has 3 fully saturated rings. The summed E-state index contributed by atoms with van der Waals surface area (Å²) in [4.78, 5) is 70.8. The second-order valence-electron chi connectivity index (χ2n) is 18.1. The molecule has 0 radical (unpaired) electrons. The molecule has 0 aromatic carbocycles. The summed E-state index contributed by atoms with van der Waals surface area (Å²) < 4.78 is 24.9. The number of Topliss-reactive ketones (excluding diaryl/α,β-unsaturated/α-hetero) is 1. The van der Waals surface area contributed by atoms with Gasteiger partial charge in [-0.1, -0.05) is 80.2 Å². The topological polar surface area (TPSA) is 177 Å². The molecule has 0 aromatic heterocycles. The number of nitrogens with zero attached hydrogens (tertiary/aromatic N) is 2. The highest BCUT2D eigenvalue weighted by Gasteiger charge is 2.58. The van der Waals surface area contributed by atoms with Crippen LogP contribution in [0.25, 0.3) is 0 Å². The van der Waals surface area contributed by atoms with E-state index in [2.05, 4.69) is 41.7 Å². The number of ketones is 1. The molecule has 3 aliphatic rings. The van der Waals surface area contributed by atoms with Gasteiger partial charge in [-0.15, -0.1) is 16.1 Å². The third-order valence-corrected chi connectivity index (χ3v) is 14.0. The maximum absolute atomic E-state index is 15.0. The Labute approximate surface area is 312 Å². The minimum atomic E-state index is -4.08. The standard InChI is InChI=1S/C38H68N6O7S/c1-12-17-27(30(45)33(47)39-22-13-2)40-32(46)29-25-18-21-37(6,7)26(25)23-44(29)34(48)31(38(8)19-15-14-16-20-38)42-35(49)41-28(36(3,4)5)24-43(9)52(10,11,50)51/h13,25-29,31H,2,12,14-24H2,1,3-11H3,(H,39,47)(H,40,46)(H,50,51)(H2,41,42,49)/t25-,26-,27?,28+,29-,31+/m0/s1. The maximum atomic E-state index is 15.0. The normalized spacial score (nSPS) is 25.1. The van der Waals surface area contributed by atoms with Crippen molar-refractivity contribution >= 4 is 39.1 Å². The molecule has 1 heterocycles. The molecule has 13 nitrogen and oxygen atoms in total. The fourth-order valence-electron chi connectivity index (χ4n) is 8.29. The van der Waals surface area contributed by atoms with Gasteiger partial charge in [-0.05, 0) is 60.2 Å². The van der Waals surface area contributed by atoms with E-state index < -0.39 is 68.2 Å². The molecule has 1 unspecified atom stereocenters. The van der Waals surface area contributed by atoms with Crippen molar-refractivity contribution in [3.63, 3.8) is 0 Å². The number of carbonyl (C=O) groups is 5. The smallest absolute Gasteiger partial charge is 0.315 e. The van der Waals surface area contributed by atoms with Gasteiger partial charge in [0.15, 0.2) is 0 Å². The number of hydrogen-bond acceptors (Lipinski definition) is 6. The summed E-state index contributed by atoms with van der Waals surface area (Å²) in [5.74, 6) is -2.45. The molecule has 5 amide bonds. The van der Waals surface area contributed by atoms with E-state index in [0.717, 1.165) is 32.1 Å². The SMILES string of the molecule is C=CCNC(=O)C(=O)C(CCC)NC(=O)[C@@H]1[C@H]2CCC(C)(C)[C@H]2CN1C(=O)[C@@H](NC(=O)N[C@H](CN(C)S(C)(C)(=O)O)C(C)(C)C)C1(C)CCCCC1. The number of carbonyl (C=O) groups excluding carboxylic acids is 5. The van der Waals surface area contributed by atoms with Gasteiger partial charge in [0.05, 0.1) is 6.04 Å². The number of nitrogens with one attached hydrogen (secondary N) is 4. The lowest BCUT2D eigenvalue weighted by atomic mass is 9.70. The highest BCUT2D eigenvalue weighted by Crippen LogP contribution is 2.53. The minimum Gasteiger partial charge on any atom is -0.346 e. The molecule has 6 atom stereocenters. The first-order chi connectivity index (χ1) is 23.8. The molecule has 2 saturated carbocycles. The van der Waals surface area contributed by atoms with Gasteiger partial charge in [0.2, 0.25) is 17.6 Å². The quantitative estimate of drug-likeness (QED) is 0.125. The van der Waals surface area contributed by atoms with Crippen molar-refractivity contribution in [1.82, 2.24) is 30.5 Å². The zero-order chi connectivity index (χ0) is 39.5. The van der Waals surface area contributed by atoms with E-state index in [1.165, 1.54) is 22.9 Å². The second-order valence-corrected chi connectivity index (χ2v) is 22.2. The van der Waals surface area contributed by atoms with Crippen LogP contribution in [-0.4, -0.2) is 111 Å². The Balaban J connectivity index is 1.98. The average molecular weight is 753 g/mol. The Morgan fingerprint density at radius 3 is 2.17 bits per heavy atom. The molecular formula is C38H68N6O7S. The monoisotopic (exact) mass is 752 g/mol. The molecule has 52 heavy (non-hydrogen) atoms. The lowest BCUT2D eigenvalue weighted by Gasteiger charge is -2.46. The molecule has 5 N–H and O–H groups in total. The van der Waals surface area contributed by atoms with Crippen molar-refractivity contribution in [3.8, 4) is 0 Å². The molecule has 0 spiro atoms. The second kappa shape index (κ2) is 16.3. The molecule has 0 bridgehead atoms. The predicted molar refractivity (Wildman–Crippen MR) is 206 cm³/mol. The highest BCUT2D eigenvalue weighted by molar-refractivity contribution is 8.11. The van der Waals surface area contributed by atoms with Gasteiger partial charge in [-0.3, -0.25) is 23.7 Å². The first-order valence-corrected chi connectivity index (χ1v) is 21.7. The molecule has 1 saturated heterocycles. The van der Waals surface area contributed by atoms with Crippen LogP contribution in [-0.2, 0) is 28.7 Å². The van der Waals surface area contributed by atoms with Crippen LogP contribution in [0.5, 0.6) is 0 Å².